The van der Waals surface area contributed by atoms with Crippen LogP contribution >= 0.6 is 11.5 Å². The minimum atomic E-state index is -0.464. The van der Waals surface area contributed by atoms with E-state index in [0.29, 0.717) is 0 Å². The maximum Gasteiger partial charge on any atom is 0.257 e. The van der Waals surface area contributed by atoms with Gasteiger partial charge in [0.25, 0.3) is 5.91 Å². The van der Waals surface area contributed by atoms with Crippen molar-refractivity contribution in [2.75, 3.05) is 5.32 Å². The van der Waals surface area contributed by atoms with E-state index in [1.807, 2.05) is 0 Å². The molecular weight excluding hydrogens is 232 g/mol. The summed E-state index contributed by atoms with van der Waals surface area (Å²) in [4.78, 5) is 11.6. The summed E-state index contributed by atoms with van der Waals surface area (Å²) in [6.45, 7) is 0. The topological polar surface area (TPSA) is 108 Å². The van der Waals surface area contributed by atoms with E-state index in [-0.39, 0.29) is 22.2 Å². The van der Waals surface area contributed by atoms with Crippen molar-refractivity contribution in [3.8, 4) is 11.5 Å². The van der Waals surface area contributed by atoms with Gasteiger partial charge in [-0.3, -0.25) is 10.1 Å². The summed E-state index contributed by atoms with van der Waals surface area (Å²) in [5, 5.41) is 27.8. The van der Waals surface area contributed by atoms with Gasteiger partial charge in [-0.05, 0) is 23.4 Å². The fourth-order valence-electron chi connectivity index (χ4n) is 1.02. The fourth-order valence-corrected chi connectivity index (χ4v) is 1.38. The van der Waals surface area contributed by atoms with Gasteiger partial charge in [0.1, 0.15) is 0 Å². The lowest BCUT2D eigenvalue weighted by molar-refractivity contribution is 0.102. The summed E-state index contributed by atoms with van der Waals surface area (Å²) in [6, 6.07) is 3.75. The quantitative estimate of drug-likeness (QED) is 0.661. The predicted octanol–water partition coefficient (Wildman–Crippen LogP) is 0.597. The number of phenols is 2. The molecule has 7 nitrogen and oxygen atoms in total. The Morgan fingerprint density at radius 1 is 1.31 bits per heavy atom. The van der Waals surface area contributed by atoms with Crippen LogP contribution in [-0.4, -0.2) is 30.9 Å². The minimum Gasteiger partial charge on any atom is -0.504 e. The van der Waals surface area contributed by atoms with Gasteiger partial charge in [-0.1, -0.05) is 9.59 Å². The Labute approximate surface area is 93.5 Å². The zero-order valence-corrected chi connectivity index (χ0v) is 8.60. The summed E-state index contributed by atoms with van der Waals surface area (Å²) in [5.74, 6) is -1.11. The lowest BCUT2D eigenvalue weighted by Crippen LogP contribution is -2.11. The number of aromatic nitrogens is 3. The third-order valence-corrected chi connectivity index (χ3v) is 2.27. The molecule has 1 aromatic carbocycles. The third-order valence-electron chi connectivity index (χ3n) is 1.76. The molecule has 16 heavy (non-hydrogen) atoms. The second-order valence-corrected chi connectivity index (χ2v) is 3.56. The van der Waals surface area contributed by atoms with Crippen LogP contribution in [0.4, 0.5) is 5.13 Å². The molecule has 3 N–H and O–H groups in total. The Morgan fingerprint density at radius 2 is 2.12 bits per heavy atom. The van der Waals surface area contributed by atoms with Gasteiger partial charge < -0.3 is 10.2 Å². The molecule has 1 heterocycles. The van der Waals surface area contributed by atoms with E-state index in [9.17, 15) is 9.90 Å². The number of benzene rings is 1. The molecule has 0 radical (unpaired) electrons. The first-order valence-electron chi connectivity index (χ1n) is 4.15. The SMILES string of the molecule is O=C(Nc1nnns1)c1ccc(O)c(O)c1. The third kappa shape index (κ3) is 2.06. The Hall–Kier alpha value is -2.22. The molecule has 0 unspecified atom stereocenters. The van der Waals surface area contributed by atoms with Gasteiger partial charge in [0.2, 0.25) is 5.13 Å². The van der Waals surface area contributed by atoms with Gasteiger partial charge in [-0.15, -0.1) is 0 Å². The van der Waals surface area contributed by atoms with Gasteiger partial charge in [-0.25, -0.2) is 0 Å². The van der Waals surface area contributed by atoms with Crippen molar-refractivity contribution in [1.82, 2.24) is 14.8 Å². The molecule has 2 rings (SSSR count). The van der Waals surface area contributed by atoms with E-state index < -0.39 is 5.91 Å². The van der Waals surface area contributed by atoms with Gasteiger partial charge in [0, 0.05) is 17.1 Å². The number of aromatic hydroxyl groups is 2. The van der Waals surface area contributed by atoms with Crippen LogP contribution in [0, 0.1) is 0 Å². The van der Waals surface area contributed by atoms with E-state index >= 15 is 0 Å². The van der Waals surface area contributed by atoms with Crippen LogP contribution in [0.5, 0.6) is 11.5 Å². The van der Waals surface area contributed by atoms with Gasteiger partial charge in [0.15, 0.2) is 11.5 Å². The predicted molar refractivity (Wildman–Crippen MR) is 55.4 cm³/mol. The molecule has 0 spiro atoms. The zero-order chi connectivity index (χ0) is 11.5. The summed E-state index contributed by atoms with van der Waals surface area (Å²) >= 11 is 0.937. The van der Waals surface area contributed by atoms with Crippen molar-refractivity contribution in [2.45, 2.75) is 0 Å². The number of anilines is 1. The van der Waals surface area contributed by atoms with Gasteiger partial charge >= 0.3 is 0 Å². The maximum atomic E-state index is 11.6. The molecule has 0 saturated heterocycles. The standard InChI is InChI=1S/C8H6N4O3S/c13-5-2-1-4(3-6(5)14)7(15)9-8-10-11-12-16-8/h1-3,13-14H,(H,9,10,12,15). The number of hydrogen-bond acceptors (Lipinski definition) is 7. The van der Waals surface area contributed by atoms with Crippen molar-refractivity contribution < 1.29 is 15.0 Å². The van der Waals surface area contributed by atoms with Crippen LogP contribution in [0.1, 0.15) is 10.4 Å². The van der Waals surface area contributed by atoms with Crippen molar-refractivity contribution >= 4 is 22.6 Å². The number of carbonyl (C=O) groups excluding carboxylic acids is 1. The van der Waals surface area contributed by atoms with Crippen LogP contribution in [0.15, 0.2) is 18.2 Å². The van der Waals surface area contributed by atoms with Gasteiger partial charge in [-0.2, -0.15) is 0 Å². The number of rotatable bonds is 2. The first-order chi connectivity index (χ1) is 7.66. The van der Waals surface area contributed by atoms with Crippen LogP contribution in [0.3, 0.4) is 0 Å². The molecule has 0 atom stereocenters. The van der Waals surface area contributed by atoms with Crippen molar-refractivity contribution in [2.24, 2.45) is 0 Å². The summed E-state index contributed by atoms with van der Waals surface area (Å²) in [7, 11) is 0. The number of nitrogens with zero attached hydrogens (tertiary/aromatic N) is 3. The summed E-state index contributed by atoms with van der Waals surface area (Å²) in [6.07, 6.45) is 0. The molecule has 8 heteroatoms. The molecule has 0 saturated carbocycles. The molecule has 1 aromatic heterocycles. The average molecular weight is 238 g/mol. The first-order valence-corrected chi connectivity index (χ1v) is 4.92. The molecular formula is C8H6N4O3S. The summed E-state index contributed by atoms with van der Waals surface area (Å²) in [5.41, 5.74) is 0.200. The van der Waals surface area contributed by atoms with E-state index in [2.05, 4.69) is 20.1 Å². The number of hydrogen-bond donors (Lipinski definition) is 3. The highest BCUT2D eigenvalue weighted by atomic mass is 32.1. The Kier molecular flexibility index (Phi) is 2.64. The zero-order valence-electron chi connectivity index (χ0n) is 7.78. The smallest absolute Gasteiger partial charge is 0.257 e. The number of carbonyl (C=O) groups is 1. The fraction of sp³-hybridized carbons (Fsp3) is 0. The largest absolute Gasteiger partial charge is 0.504 e. The lowest BCUT2D eigenvalue weighted by Gasteiger charge is -2.02. The molecule has 0 aliphatic heterocycles. The second-order valence-electron chi connectivity index (χ2n) is 2.83. The first kappa shape index (κ1) is 10.3. The average Bonchev–Trinajstić information content (AvgIpc) is 2.74. The molecule has 0 aliphatic rings. The number of amides is 1. The van der Waals surface area contributed by atoms with Crippen LogP contribution in [0.2, 0.25) is 0 Å². The van der Waals surface area contributed by atoms with Gasteiger partial charge in [0.05, 0.1) is 0 Å². The monoisotopic (exact) mass is 238 g/mol. The van der Waals surface area contributed by atoms with Crippen molar-refractivity contribution in [1.29, 1.82) is 0 Å². The van der Waals surface area contributed by atoms with Crippen molar-refractivity contribution in [3.05, 3.63) is 23.8 Å². The van der Waals surface area contributed by atoms with E-state index in [0.717, 1.165) is 17.6 Å². The van der Waals surface area contributed by atoms with E-state index in [1.54, 1.807) is 0 Å². The Bertz CT molecular complexity index is 514. The highest BCUT2D eigenvalue weighted by Gasteiger charge is 2.10. The van der Waals surface area contributed by atoms with E-state index in [1.165, 1.54) is 12.1 Å². The number of nitrogens with one attached hydrogen (secondary N) is 1. The molecule has 0 aliphatic carbocycles. The summed E-state index contributed by atoms with van der Waals surface area (Å²) < 4.78 is 3.48. The Morgan fingerprint density at radius 3 is 2.75 bits per heavy atom. The second kappa shape index (κ2) is 4.11. The van der Waals surface area contributed by atoms with Crippen LogP contribution < -0.4 is 5.32 Å². The lowest BCUT2D eigenvalue weighted by atomic mass is 10.2. The minimum absolute atomic E-state index is 0.200. The van der Waals surface area contributed by atoms with Crippen molar-refractivity contribution in [3.63, 3.8) is 0 Å². The highest BCUT2D eigenvalue weighted by molar-refractivity contribution is 7.09. The van der Waals surface area contributed by atoms with Crippen LogP contribution in [-0.2, 0) is 0 Å². The molecule has 0 bridgehead atoms. The normalized spacial score (nSPS) is 10.0. The Balaban J connectivity index is 2.18. The molecule has 0 fully saturated rings. The van der Waals surface area contributed by atoms with E-state index in [4.69, 9.17) is 5.11 Å². The number of phenolic OH excluding ortho intramolecular Hbond substituents is 2. The molecule has 2 aromatic rings. The highest BCUT2D eigenvalue weighted by Crippen LogP contribution is 2.25. The maximum absolute atomic E-state index is 11.6. The molecule has 1 amide bonds. The van der Waals surface area contributed by atoms with Crippen LogP contribution in [0.25, 0.3) is 0 Å². The molecule has 82 valence electrons.